The summed E-state index contributed by atoms with van der Waals surface area (Å²) in [5, 5.41) is 3.29. The third-order valence-corrected chi connectivity index (χ3v) is 3.40. The molecule has 0 saturated carbocycles. The molecule has 0 radical (unpaired) electrons. The van der Waals surface area contributed by atoms with Crippen molar-refractivity contribution in [1.82, 2.24) is 0 Å². The number of halogens is 2. The Kier molecular flexibility index (Phi) is 2.96. The number of hydrogen-bond donors (Lipinski definition) is 1. The highest BCUT2D eigenvalue weighted by Gasteiger charge is 2.21. The second-order valence-corrected chi connectivity index (χ2v) is 5.10. The second-order valence-electron chi connectivity index (χ2n) is 4.18. The number of nitrogens with one attached hydrogen (secondary N) is 1. The molecule has 2 aromatic carbocycles. The highest BCUT2D eigenvalue weighted by molar-refractivity contribution is 9.10. The molecule has 0 fully saturated rings. The maximum atomic E-state index is 13.2. The molecule has 1 N–H and O–H groups in total. The van der Waals surface area contributed by atoms with Gasteiger partial charge < -0.3 is 10.1 Å². The average Bonchev–Trinajstić information content (AvgIpc) is 2.38. The topological polar surface area (TPSA) is 21.3 Å². The maximum absolute atomic E-state index is 13.2. The number of ether oxygens (including phenoxy) is 1. The number of anilines is 1. The van der Waals surface area contributed by atoms with Gasteiger partial charge in [-0.25, -0.2) is 4.39 Å². The summed E-state index contributed by atoms with van der Waals surface area (Å²) in [6.45, 7) is 0.632. The lowest BCUT2D eigenvalue weighted by Gasteiger charge is -2.27. The van der Waals surface area contributed by atoms with Crippen LogP contribution in [0.4, 0.5) is 10.1 Å². The van der Waals surface area contributed by atoms with Crippen molar-refractivity contribution in [2.75, 3.05) is 11.9 Å². The Hall–Kier alpha value is -1.55. The first kappa shape index (κ1) is 11.5. The van der Waals surface area contributed by atoms with Gasteiger partial charge >= 0.3 is 0 Å². The van der Waals surface area contributed by atoms with Crippen molar-refractivity contribution in [3.05, 3.63) is 58.3 Å². The average molecular weight is 308 g/mol. The Balaban J connectivity index is 1.89. The summed E-state index contributed by atoms with van der Waals surface area (Å²) < 4.78 is 20.1. The summed E-state index contributed by atoms with van der Waals surface area (Å²) in [6, 6.07) is 12.3. The molecular formula is C14H11BrFNO. The van der Waals surface area contributed by atoms with Gasteiger partial charge in [0.1, 0.15) is 17.7 Å². The fourth-order valence-electron chi connectivity index (χ4n) is 2.03. The van der Waals surface area contributed by atoms with Gasteiger partial charge in [-0.1, -0.05) is 28.1 Å². The highest BCUT2D eigenvalue weighted by atomic mass is 79.9. The van der Waals surface area contributed by atoms with Crippen LogP contribution in [-0.4, -0.2) is 6.54 Å². The predicted octanol–water partition coefficient (Wildman–Crippen LogP) is 4.13. The lowest BCUT2D eigenvalue weighted by Crippen LogP contribution is -2.23. The third kappa shape index (κ3) is 2.20. The van der Waals surface area contributed by atoms with Gasteiger partial charge in [-0.3, -0.25) is 0 Å². The first-order chi connectivity index (χ1) is 8.72. The van der Waals surface area contributed by atoms with Gasteiger partial charge in [0.2, 0.25) is 0 Å². The second kappa shape index (κ2) is 4.61. The molecular weight excluding hydrogens is 297 g/mol. The molecule has 1 atom stereocenters. The molecule has 0 saturated heterocycles. The van der Waals surface area contributed by atoms with Gasteiger partial charge in [0.05, 0.1) is 12.2 Å². The fraction of sp³-hybridized carbons (Fsp3) is 0.143. The van der Waals surface area contributed by atoms with E-state index in [-0.39, 0.29) is 11.9 Å². The van der Waals surface area contributed by atoms with Gasteiger partial charge in [0.25, 0.3) is 0 Å². The summed E-state index contributed by atoms with van der Waals surface area (Å²) in [6.07, 6.45) is -0.158. The summed E-state index contributed by atoms with van der Waals surface area (Å²) in [5.74, 6) is 0.552. The zero-order chi connectivity index (χ0) is 12.5. The van der Waals surface area contributed by atoms with Crippen LogP contribution in [-0.2, 0) is 0 Å². The molecule has 1 unspecified atom stereocenters. The molecule has 1 aliphatic rings. The van der Waals surface area contributed by atoms with Gasteiger partial charge in [-0.2, -0.15) is 0 Å². The molecule has 1 aliphatic heterocycles. The minimum Gasteiger partial charge on any atom is -0.482 e. The third-order valence-electron chi connectivity index (χ3n) is 2.91. The van der Waals surface area contributed by atoms with E-state index in [0.29, 0.717) is 6.54 Å². The molecule has 0 amide bonds. The molecule has 0 bridgehead atoms. The van der Waals surface area contributed by atoms with Crippen LogP contribution in [0, 0.1) is 5.82 Å². The molecule has 1 heterocycles. The zero-order valence-electron chi connectivity index (χ0n) is 9.49. The quantitative estimate of drug-likeness (QED) is 0.855. The van der Waals surface area contributed by atoms with E-state index in [1.54, 1.807) is 6.07 Å². The number of rotatable bonds is 1. The molecule has 2 aromatic rings. The first-order valence-electron chi connectivity index (χ1n) is 5.68. The summed E-state index contributed by atoms with van der Waals surface area (Å²) in [7, 11) is 0. The van der Waals surface area contributed by atoms with Crippen LogP contribution in [0.1, 0.15) is 11.7 Å². The van der Waals surface area contributed by atoms with E-state index in [4.69, 9.17) is 4.74 Å². The van der Waals surface area contributed by atoms with Crippen LogP contribution in [0.2, 0.25) is 0 Å². The van der Waals surface area contributed by atoms with Crippen molar-refractivity contribution in [2.45, 2.75) is 6.10 Å². The lowest BCUT2D eigenvalue weighted by atomic mass is 10.1. The number of fused-ring (bicyclic) bond motifs is 1. The molecule has 0 aromatic heterocycles. The molecule has 3 rings (SSSR count). The van der Waals surface area contributed by atoms with Gasteiger partial charge in [0, 0.05) is 4.47 Å². The van der Waals surface area contributed by atoms with E-state index >= 15 is 0 Å². The van der Waals surface area contributed by atoms with E-state index in [9.17, 15) is 4.39 Å². The van der Waals surface area contributed by atoms with Crippen molar-refractivity contribution in [2.24, 2.45) is 0 Å². The van der Waals surface area contributed by atoms with Crippen LogP contribution >= 0.6 is 15.9 Å². The SMILES string of the molecule is Fc1cccc(C2CNc3cc(Br)ccc3O2)c1. The van der Waals surface area contributed by atoms with E-state index in [1.807, 2.05) is 24.3 Å². The normalized spacial score (nSPS) is 17.6. The molecule has 0 aliphatic carbocycles. The number of hydrogen-bond acceptors (Lipinski definition) is 2. The first-order valence-corrected chi connectivity index (χ1v) is 6.47. The van der Waals surface area contributed by atoms with Crippen molar-refractivity contribution < 1.29 is 9.13 Å². The Morgan fingerprint density at radius 2 is 2.11 bits per heavy atom. The number of benzene rings is 2. The van der Waals surface area contributed by atoms with Crippen LogP contribution in [0.25, 0.3) is 0 Å². The Morgan fingerprint density at radius 1 is 1.22 bits per heavy atom. The van der Waals surface area contributed by atoms with Crippen molar-refractivity contribution >= 4 is 21.6 Å². The molecule has 92 valence electrons. The van der Waals surface area contributed by atoms with Crippen molar-refractivity contribution in [3.8, 4) is 5.75 Å². The molecule has 18 heavy (non-hydrogen) atoms. The van der Waals surface area contributed by atoms with E-state index in [1.165, 1.54) is 12.1 Å². The van der Waals surface area contributed by atoms with Gasteiger partial charge in [0.15, 0.2) is 0 Å². The summed E-state index contributed by atoms with van der Waals surface area (Å²) >= 11 is 3.41. The fourth-order valence-corrected chi connectivity index (χ4v) is 2.39. The minimum absolute atomic E-state index is 0.158. The molecule has 2 nitrogen and oxygen atoms in total. The Labute approximate surface area is 113 Å². The Bertz CT molecular complexity index is 588. The van der Waals surface area contributed by atoms with Crippen molar-refractivity contribution in [1.29, 1.82) is 0 Å². The van der Waals surface area contributed by atoms with E-state index < -0.39 is 0 Å². The lowest BCUT2D eigenvalue weighted by molar-refractivity contribution is 0.210. The van der Waals surface area contributed by atoms with Crippen LogP contribution in [0.5, 0.6) is 5.75 Å². The van der Waals surface area contributed by atoms with Crippen LogP contribution in [0.15, 0.2) is 46.9 Å². The molecule has 4 heteroatoms. The zero-order valence-corrected chi connectivity index (χ0v) is 11.1. The predicted molar refractivity (Wildman–Crippen MR) is 72.4 cm³/mol. The van der Waals surface area contributed by atoms with Gasteiger partial charge in [-0.05, 0) is 35.9 Å². The van der Waals surface area contributed by atoms with E-state index in [2.05, 4.69) is 21.2 Å². The largest absolute Gasteiger partial charge is 0.482 e. The monoisotopic (exact) mass is 307 g/mol. The summed E-state index contributed by atoms with van der Waals surface area (Å²) in [4.78, 5) is 0. The van der Waals surface area contributed by atoms with Crippen molar-refractivity contribution in [3.63, 3.8) is 0 Å². The standard InChI is InChI=1S/C14H11BrFNO/c15-10-4-5-13-12(7-10)17-8-14(18-13)9-2-1-3-11(16)6-9/h1-7,14,17H,8H2. The van der Waals surface area contributed by atoms with E-state index in [0.717, 1.165) is 21.5 Å². The van der Waals surface area contributed by atoms with Gasteiger partial charge in [-0.15, -0.1) is 0 Å². The molecule has 0 spiro atoms. The van der Waals surface area contributed by atoms with Crippen LogP contribution < -0.4 is 10.1 Å². The maximum Gasteiger partial charge on any atom is 0.143 e. The Morgan fingerprint density at radius 3 is 2.94 bits per heavy atom. The van der Waals surface area contributed by atoms with Crippen LogP contribution in [0.3, 0.4) is 0 Å². The smallest absolute Gasteiger partial charge is 0.143 e. The summed E-state index contributed by atoms with van der Waals surface area (Å²) in [5.41, 5.74) is 1.80. The minimum atomic E-state index is -0.238. The highest BCUT2D eigenvalue weighted by Crippen LogP contribution is 2.35.